The van der Waals surface area contributed by atoms with Crippen molar-refractivity contribution in [3.8, 4) is 16.3 Å². The molecule has 2 rings (SSSR count). The van der Waals surface area contributed by atoms with Gasteiger partial charge in [0.25, 0.3) is 0 Å². The lowest BCUT2D eigenvalue weighted by Crippen LogP contribution is -1.87. The fourth-order valence-electron chi connectivity index (χ4n) is 1.28. The summed E-state index contributed by atoms with van der Waals surface area (Å²) in [5.74, 6) is 1.76. The van der Waals surface area contributed by atoms with E-state index in [0.717, 1.165) is 22.1 Å². The summed E-state index contributed by atoms with van der Waals surface area (Å²) in [5, 5.41) is 6.01. The predicted molar refractivity (Wildman–Crippen MR) is 63.6 cm³/mol. The largest absolute Gasteiger partial charge is 0.497 e. The van der Waals surface area contributed by atoms with Crippen LogP contribution in [-0.4, -0.2) is 19.1 Å². The second kappa shape index (κ2) is 4.31. The number of nitrogens with one attached hydrogen (secondary N) is 1. The van der Waals surface area contributed by atoms with Gasteiger partial charge in [0.05, 0.1) is 7.11 Å². The number of anilines is 1. The van der Waals surface area contributed by atoms with E-state index in [1.807, 2.05) is 36.7 Å². The zero-order chi connectivity index (χ0) is 10.7. The Labute approximate surface area is 92.7 Å². The van der Waals surface area contributed by atoms with Gasteiger partial charge >= 0.3 is 0 Å². The Kier molecular flexibility index (Phi) is 2.87. The molecule has 1 aromatic carbocycles. The Balaban J connectivity index is 2.35. The Morgan fingerprint density at radius 3 is 2.93 bits per heavy atom. The van der Waals surface area contributed by atoms with Gasteiger partial charge < -0.3 is 10.1 Å². The summed E-state index contributed by atoms with van der Waals surface area (Å²) in [5.41, 5.74) is 1.08. The van der Waals surface area contributed by atoms with Crippen LogP contribution in [0, 0.1) is 0 Å². The van der Waals surface area contributed by atoms with Crippen molar-refractivity contribution in [1.29, 1.82) is 0 Å². The van der Waals surface area contributed by atoms with Crippen molar-refractivity contribution < 1.29 is 4.74 Å². The molecule has 0 fully saturated rings. The molecule has 0 unspecified atom stereocenters. The summed E-state index contributed by atoms with van der Waals surface area (Å²) in [4.78, 5) is 4.43. The van der Waals surface area contributed by atoms with E-state index in [2.05, 4.69) is 10.3 Å². The molecule has 1 heterocycles. The summed E-state index contributed by atoms with van der Waals surface area (Å²) in [6.45, 7) is 0. The Morgan fingerprint density at radius 2 is 2.27 bits per heavy atom. The number of hydrogen-bond donors (Lipinski definition) is 1. The van der Waals surface area contributed by atoms with Crippen molar-refractivity contribution in [1.82, 2.24) is 4.98 Å². The first-order chi connectivity index (χ1) is 7.33. The fraction of sp³-hybridized carbons (Fsp3) is 0.182. The van der Waals surface area contributed by atoms with Crippen molar-refractivity contribution in [3.05, 3.63) is 29.6 Å². The van der Waals surface area contributed by atoms with Gasteiger partial charge in [-0.05, 0) is 12.1 Å². The van der Waals surface area contributed by atoms with Crippen LogP contribution in [0.4, 0.5) is 5.82 Å². The summed E-state index contributed by atoms with van der Waals surface area (Å²) in [7, 11) is 3.53. The van der Waals surface area contributed by atoms with Gasteiger partial charge in [0.2, 0.25) is 0 Å². The highest BCUT2D eigenvalue weighted by Crippen LogP contribution is 2.28. The van der Waals surface area contributed by atoms with Gasteiger partial charge in [-0.25, -0.2) is 4.98 Å². The second-order valence-electron chi connectivity index (χ2n) is 3.02. The lowest BCUT2D eigenvalue weighted by molar-refractivity contribution is 0.415. The molecule has 0 amide bonds. The van der Waals surface area contributed by atoms with E-state index in [9.17, 15) is 0 Å². The molecule has 0 bridgehead atoms. The van der Waals surface area contributed by atoms with Crippen molar-refractivity contribution in [2.45, 2.75) is 0 Å². The van der Waals surface area contributed by atoms with Gasteiger partial charge in [-0.1, -0.05) is 12.1 Å². The standard InChI is InChI=1S/C11H12N2OS/c1-12-10-7-15-11(13-10)8-4-3-5-9(6-8)14-2/h3-7,12H,1-2H3. The van der Waals surface area contributed by atoms with Gasteiger partial charge in [0.15, 0.2) is 0 Å². The highest BCUT2D eigenvalue weighted by molar-refractivity contribution is 7.13. The number of methoxy groups -OCH3 is 1. The Hall–Kier alpha value is -1.55. The number of aromatic nitrogens is 1. The van der Waals surface area contributed by atoms with Crippen molar-refractivity contribution in [2.75, 3.05) is 19.5 Å². The summed E-state index contributed by atoms with van der Waals surface area (Å²) >= 11 is 1.62. The fourth-order valence-corrected chi connectivity index (χ4v) is 2.09. The predicted octanol–water partition coefficient (Wildman–Crippen LogP) is 2.86. The Morgan fingerprint density at radius 1 is 1.40 bits per heavy atom. The minimum atomic E-state index is 0.855. The molecule has 2 aromatic rings. The molecule has 0 atom stereocenters. The maximum atomic E-state index is 5.17. The molecule has 3 nitrogen and oxygen atoms in total. The van der Waals surface area contributed by atoms with E-state index in [0.29, 0.717) is 0 Å². The van der Waals surface area contributed by atoms with E-state index >= 15 is 0 Å². The van der Waals surface area contributed by atoms with E-state index in [1.54, 1.807) is 18.4 Å². The van der Waals surface area contributed by atoms with Crippen molar-refractivity contribution in [3.63, 3.8) is 0 Å². The number of hydrogen-bond acceptors (Lipinski definition) is 4. The molecule has 78 valence electrons. The number of thiazole rings is 1. The van der Waals surface area contributed by atoms with E-state index in [4.69, 9.17) is 4.74 Å². The van der Waals surface area contributed by atoms with Crippen LogP contribution >= 0.6 is 11.3 Å². The molecule has 0 saturated heterocycles. The molecular formula is C11H12N2OS. The van der Waals surface area contributed by atoms with Gasteiger partial charge in [-0.3, -0.25) is 0 Å². The normalized spacial score (nSPS) is 10.0. The average Bonchev–Trinajstić information content (AvgIpc) is 2.78. The van der Waals surface area contributed by atoms with Gasteiger partial charge in [-0.15, -0.1) is 11.3 Å². The molecule has 0 aliphatic heterocycles. The van der Waals surface area contributed by atoms with Gasteiger partial charge in [0.1, 0.15) is 16.6 Å². The first kappa shape index (κ1) is 9.98. The minimum Gasteiger partial charge on any atom is -0.497 e. The Bertz CT molecular complexity index is 453. The third kappa shape index (κ3) is 2.10. The van der Waals surface area contributed by atoms with Crippen molar-refractivity contribution in [2.24, 2.45) is 0 Å². The highest BCUT2D eigenvalue weighted by Gasteiger charge is 2.04. The van der Waals surface area contributed by atoms with Crippen LogP contribution in [0.3, 0.4) is 0 Å². The average molecular weight is 220 g/mol. The van der Waals surface area contributed by atoms with Crippen LogP contribution in [0.1, 0.15) is 0 Å². The molecular weight excluding hydrogens is 208 g/mol. The molecule has 0 spiro atoms. The van der Waals surface area contributed by atoms with Crippen LogP contribution in [0.25, 0.3) is 10.6 Å². The van der Waals surface area contributed by atoms with Crippen LogP contribution in [0.2, 0.25) is 0 Å². The number of nitrogens with zero attached hydrogens (tertiary/aromatic N) is 1. The number of benzene rings is 1. The third-order valence-corrected chi connectivity index (χ3v) is 2.97. The van der Waals surface area contributed by atoms with Crippen LogP contribution in [-0.2, 0) is 0 Å². The summed E-state index contributed by atoms with van der Waals surface area (Å²) in [6.07, 6.45) is 0. The van der Waals surface area contributed by atoms with Gasteiger partial charge in [0, 0.05) is 18.0 Å². The van der Waals surface area contributed by atoms with Crippen molar-refractivity contribution >= 4 is 17.2 Å². The zero-order valence-corrected chi connectivity index (χ0v) is 9.47. The first-order valence-corrected chi connectivity index (χ1v) is 5.49. The van der Waals surface area contributed by atoms with Crippen LogP contribution in [0.15, 0.2) is 29.6 Å². The smallest absolute Gasteiger partial charge is 0.137 e. The van der Waals surface area contributed by atoms with E-state index in [1.165, 1.54) is 0 Å². The van der Waals surface area contributed by atoms with E-state index < -0.39 is 0 Å². The maximum Gasteiger partial charge on any atom is 0.137 e. The number of ether oxygens (including phenoxy) is 1. The molecule has 15 heavy (non-hydrogen) atoms. The topological polar surface area (TPSA) is 34.1 Å². The first-order valence-electron chi connectivity index (χ1n) is 4.61. The van der Waals surface area contributed by atoms with Crippen LogP contribution in [0.5, 0.6) is 5.75 Å². The molecule has 4 heteroatoms. The SMILES string of the molecule is CNc1csc(-c2cccc(OC)c2)n1. The quantitative estimate of drug-likeness (QED) is 0.863. The summed E-state index contributed by atoms with van der Waals surface area (Å²) in [6, 6.07) is 7.91. The highest BCUT2D eigenvalue weighted by atomic mass is 32.1. The van der Waals surface area contributed by atoms with Gasteiger partial charge in [-0.2, -0.15) is 0 Å². The monoisotopic (exact) mass is 220 g/mol. The molecule has 0 radical (unpaired) electrons. The number of rotatable bonds is 3. The summed E-state index contributed by atoms with van der Waals surface area (Å²) < 4.78 is 5.17. The third-order valence-electron chi connectivity index (χ3n) is 2.08. The molecule has 1 N–H and O–H groups in total. The van der Waals surface area contributed by atoms with Crippen LogP contribution < -0.4 is 10.1 Å². The molecule has 0 aliphatic carbocycles. The van der Waals surface area contributed by atoms with E-state index in [-0.39, 0.29) is 0 Å². The molecule has 0 saturated carbocycles. The second-order valence-corrected chi connectivity index (χ2v) is 3.88. The lowest BCUT2D eigenvalue weighted by atomic mass is 10.2. The minimum absolute atomic E-state index is 0.855. The molecule has 1 aromatic heterocycles. The molecule has 0 aliphatic rings. The maximum absolute atomic E-state index is 5.17. The lowest BCUT2D eigenvalue weighted by Gasteiger charge is -2.01. The zero-order valence-electron chi connectivity index (χ0n) is 8.65.